The second-order valence-electron chi connectivity index (χ2n) is 4.56. The van der Waals surface area contributed by atoms with Crippen LogP contribution in [0.1, 0.15) is 5.56 Å². The van der Waals surface area contributed by atoms with E-state index in [2.05, 4.69) is 45.5 Å². The first-order chi connectivity index (χ1) is 9.22. The predicted molar refractivity (Wildman–Crippen MR) is 87.4 cm³/mol. The molecule has 1 aliphatic rings. The fourth-order valence-corrected chi connectivity index (χ4v) is 4.21. The van der Waals surface area contributed by atoms with Crippen molar-refractivity contribution < 1.29 is 0 Å². The summed E-state index contributed by atoms with van der Waals surface area (Å²) in [5, 5.41) is 4.78. The Hall–Kier alpha value is -0.640. The van der Waals surface area contributed by atoms with Gasteiger partial charge in [0.15, 0.2) is 0 Å². The van der Waals surface area contributed by atoms with E-state index in [-0.39, 0.29) is 0 Å². The molecular weight excluding hydrogens is 342 g/mol. The van der Waals surface area contributed by atoms with E-state index in [9.17, 15) is 0 Å². The average Bonchev–Trinajstić information content (AvgIpc) is 2.80. The van der Waals surface area contributed by atoms with Crippen molar-refractivity contribution in [3.05, 3.63) is 57.5 Å². The summed E-state index contributed by atoms with van der Waals surface area (Å²) in [5.74, 6) is 0. The van der Waals surface area contributed by atoms with Gasteiger partial charge in [0, 0.05) is 21.2 Å². The molecule has 1 unspecified atom stereocenters. The lowest BCUT2D eigenvalue weighted by atomic mass is 10.1. The molecule has 1 aliphatic heterocycles. The van der Waals surface area contributed by atoms with Crippen molar-refractivity contribution in [1.82, 2.24) is 0 Å². The Labute approximate surface area is 130 Å². The van der Waals surface area contributed by atoms with Gasteiger partial charge in [0.05, 0.1) is 10.7 Å². The molecule has 1 N–H and O–H groups in total. The minimum Gasteiger partial charge on any atom is -0.383 e. The number of rotatable bonds is 3. The van der Waals surface area contributed by atoms with Crippen LogP contribution in [-0.4, -0.2) is 11.8 Å². The molecule has 2 aromatic rings. The highest BCUT2D eigenvalue weighted by Crippen LogP contribution is 2.37. The Bertz CT molecular complexity index is 577. The zero-order valence-electron chi connectivity index (χ0n) is 10.2. The van der Waals surface area contributed by atoms with E-state index in [0.29, 0.717) is 5.25 Å². The summed E-state index contributed by atoms with van der Waals surface area (Å²) in [7, 11) is 0. The van der Waals surface area contributed by atoms with E-state index in [1.165, 1.54) is 10.5 Å². The fraction of sp³-hybridized carbons (Fsp3) is 0.200. The smallest absolute Gasteiger partial charge is 0.0648 e. The van der Waals surface area contributed by atoms with Crippen molar-refractivity contribution in [3.8, 4) is 0 Å². The molecule has 1 nitrogen and oxygen atoms in total. The molecule has 2 aromatic carbocycles. The standard InChI is InChI=1S/C15H13BrClNS/c16-11-5-6-14(13(17)8-11)18-9-12-7-10-3-1-2-4-15(10)19-12/h1-6,8,12,18H,7,9H2. The quantitative estimate of drug-likeness (QED) is 0.810. The summed E-state index contributed by atoms with van der Waals surface area (Å²) < 4.78 is 1.01. The molecule has 0 bridgehead atoms. The van der Waals surface area contributed by atoms with Gasteiger partial charge < -0.3 is 5.32 Å². The molecule has 19 heavy (non-hydrogen) atoms. The van der Waals surface area contributed by atoms with Crippen LogP contribution in [0.5, 0.6) is 0 Å². The molecular formula is C15H13BrClNS. The van der Waals surface area contributed by atoms with Crippen LogP contribution in [0.25, 0.3) is 0 Å². The highest BCUT2D eigenvalue weighted by atomic mass is 79.9. The molecule has 4 heteroatoms. The molecule has 1 atom stereocenters. The monoisotopic (exact) mass is 353 g/mol. The third-order valence-corrected chi connectivity index (χ3v) is 5.29. The maximum atomic E-state index is 6.20. The van der Waals surface area contributed by atoms with Gasteiger partial charge in [0.1, 0.15) is 0 Å². The largest absolute Gasteiger partial charge is 0.383 e. The molecule has 0 radical (unpaired) electrons. The summed E-state index contributed by atoms with van der Waals surface area (Å²) in [4.78, 5) is 1.41. The van der Waals surface area contributed by atoms with E-state index in [4.69, 9.17) is 11.6 Å². The van der Waals surface area contributed by atoms with Crippen LogP contribution in [0.2, 0.25) is 5.02 Å². The SMILES string of the molecule is Clc1cc(Br)ccc1NCC1Cc2ccccc2S1. The lowest BCUT2D eigenvalue weighted by molar-refractivity contribution is 0.899. The first-order valence-electron chi connectivity index (χ1n) is 6.16. The highest BCUT2D eigenvalue weighted by molar-refractivity contribution is 9.10. The van der Waals surface area contributed by atoms with Gasteiger partial charge in [-0.3, -0.25) is 0 Å². The van der Waals surface area contributed by atoms with Crippen molar-refractivity contribution in [1.29, 1.82) is 0 Å². The van der Waals surface area contributed by atoms with Gasteiger partial charge >= 0.3 is 0 Å². The van der Waals surface area contributed by atoms with Crippen molar-refractivity contribution in [2.75, 3.05) is 11.9 Å². The van der Waals surface area contributed by atoms with Crippen molar-refractivity contribution in [3.63, 3.8) is 0 Å². The number of fused-ring (bicyclic) bond motifs is 1. The summed E-state index contributed by atoms with van der Waals surface area (Å²) in [5.41, 5.74) is 2.46. The molecule has 3 rings (SSSR count). The molecule has 0 aliphatic carbocycles. The van der Waals surface area contributed by atoms with Crippen LogP contribution in [0.3, 0.4) is 0 Å². The van der Waals surface area contributed by atoms with Gasteiger partial charge in [-0.05, 0) is 36.2 Å². The Morgan fingerprint density at radius 3 is 2.89 bits per heavy atom. The summed E-state index contributed by atoms with van der Waals surface area (Å²) in [6, 6.07) is 14.6. The molecule has 0 aromatic heterocycles. The molecule has 0 amide bonds. The van der Waals surface area contributed by atoms with Gasteiger partial charge in [0.2, 0.25) is 0 Å². The van der Waals surface area contributed by atoms with Crippen LogP contribution in [0.4, 0.5) is 5.69 Å². The zero-order chi connectivity index (χ0) is 13.2. The van der Waals surface area contributed by atoms with E-state index in [0.717, 1.165) is 28.1 Å². The Morgan fingerprint density at radius 1 is 1.26 bits per heavy atom. The average molecular weight is 355 g/mol. The van der Waals surface area contributed by atoms with Gasteiger partial charge in [0.25, 0.3) is 0 Å². The fourth-order valence-electron chi connectivity index (χ4n) is 2.22. The van der Waals surface area contributed by atoms with Gasteiger partial charge in [-0.1, -0.05) is 45.7 Å². The summed E-state index contributed by atoms with van der Waals surface area (Å²) in [6.45, 7) is 0.931. The molecule has 0 saturated heterocycles. The molecule has 1 heterocycles. The number of hydrogen-bond acceptors (Lipinski definition) is 2. The molecule has 0 fully saturated rings. The topological polar surface area (TPSA) is 12.0 Å². The second-order valence-corrected chi connectivity index (χ2v) is 7.22. The molecule has 98 valence electrons. The number of thioether (sulfide) groups is 1. The Morgan fingerprint density at radius 2 is 2.11 bits per heavy atom. The Kier molecular flexibility index (Phi) is 4.06. The normalized spacial score (nSPS) is 17.3. The number of halogens is 2. The third-order valence-electron chi connectivity index (χ3n) is 3.17. The van der Waals surface area contributed by atoms with Gasteiger partial charge in [-0.25, -0.2) is 0 Å². The van der Waals surface area contributed by atoms with Crippen molar-refractivity contribution >= 4 is 45.0 Å². The van der Waals surface area contributed by atoms with Crippen molar-refractivity contribution in [2.45, 2.75) is 16.6 Å². The first kappa shape index (κ1) is 13.3. The van der Waals surface area contributed by atoms with Crippen LogP contribution < -0.4 is 5.32 Å². The van der Waals surface area contributed by atoms with E-state index < -0.39 is 0 Å². The minimum atomic E-state index is 0.581. The van der Waals surface area contributed by atoms with Crippen LogP contribution in [0.15, 0.2) is 51.8 Å². The molecule has 0 spiro atoms. The Balaban J connectivity index is 1.63. The van der Waals surface area contributed by atoms with Gasteiger partial charge in [-0.15, -0.1) is 11.8 Å². The number of nitrogens with one attached hydrogen (secondary N) is 1. The predicted octanol–water partition coefficient (Wildman–Crippen LogP) is 5.23. The van der Waals surface area contributed by atoms with E-state index >= 15 is 0 Å². The first-order valence-corrected chi connectivity index (χ1v) is 8.21. The maximum absolute atomic E-state index is 6.20. The third kappa shape index (κ3) is 3.10. The van der Waals surface area contributed by atoms with Crippen LogP contribution >= 0.6 is 39.3 Å². The van der Waals surface area contributed by atoms with Crippen LogP contribution in [-0.2, 0) is 6.42 Å². The second kappa shape index (κ2) is 5.78. The lowest BCUT2D eigenvalue weighted by Crippen LogP contribution is -2.15. The van der Waals surface area contributed by atoms with Crippen LogP contribution in [0, 0.1) is 0 Å². The van der Waals surface area contributed by atoms with Crippen molar-refractivity contribution in [2.24, 2.45) is 0 Å². The highest BCUT2D eigenvalue weighted by Gasteiger charge is 2.21. The molecule has 0 saturated carbocycles. The number of hydrogen-bond donors (Lipinski definition) is 1. The number of benzene rings is 2. The summed E-state index contributed by atoms with van der Waals surface area (Å²) in [6.07, 6.45) is 1.13. The van der Waals surface area contributed by atoms with E-state index in [1.54, 1.807) is 0 Å². The minimum absolute atomic E-state index is 0.581. The summed E-state index contributed by atoms with van der Waals surface area (Å²) >= 11 is 11.6. The maximum Gasteiger partial charge on any atom is 0.0648 e. The zero-order valence-corrected chi connectivity index (χ0v) is 13.4. The van der Waals surface area contributed by atoms with Gasteiger partial charge in [-0.2, -0.15) is 0 Å². The lowest BCUT2D eigenvalue weighted by Gasteiger charge is -2.12. The van der Waals surface area contributed by atoms with E-state index in [1.807, 2.05) is 30.0 Å². The number of anilines is 1.